The number of nitrogens with zero attached hydrogens (tertiary/aromatic N) is 2. The Kier molecular flexibility index (Phi) is 3.35. The fourth-order valence-corrected chi connectivity index (χ4v) is 4.24. The van der Waals surface area contributed by atoms with E-state index in [1.165, 1.54) is 0 Å². The maximum Gasteiger partial charge on any atom is 0.317 e. The highest BCUT2D eigenvalue weighted by atomic mass is 16.5. The van der Waals surface area contributed by atoms with Crippen LogP contribution < -0.4 is 11.1 Å². The van der Waals surface area contributed by atoms with Gasteiger partial charge < -0.3 is 20.7 Å². The maximum atomic E-state index is 12.3. The minimum absolute atomic E-state index is 0.117. The standard InChI is InChI=1S/C15H26N4O2/c16-13-9-15(13)7-11(8-15)17-14(20)19-4-2-18(3-5-19)12-1-6-21-10-12/h11-13H,1-10,16H2,(H,17,20). The number of rotatable bonds is 2. The molecule has 6 heteroatoms. The molecule has 0 aromatic carbocycles. The van der Waals surface area contributed by atoms with Crippen molar-refractivity contribution in [1.29, 1.82) is 0 Å². The minimum atomic E-state index is 0.117. The van der Waals surface area contributed by atoms with Crippen molar-refractivity contribution < 1.29 is 9.53 Å². The predicted octanol–water partition coefficient (Wildman–Crippen LogP) is -0.0177. The summed E-state index contributed by atoms with van der Waals surface area (Å²) in [5.74, 6) is 0. The molecular formula is C15H26N4O2. The second-order valence-electron chi connectivity index (χ2n) is 7.27. The number of urea groups is 1. The highest BCUT2D eigenvalue weighted by Gasteiger charge is 2.60. The Labute approximate surface area is 126 Å². The van der Waals surface area contributed by atoms with Crippen LogP contribution in [0, 0.1) is 5.41 Å². The molecule has 2 atom stereocenters. The summed E-state index contributed by atoms with van der Waals surface area (Å²) < 4.78 is 5.45. The van der Waals surface area contributed by atoms with Crippen molar-refractivity contribution in [3.05, 3.63) is 0 Å². The summed E-state index contributed by atoms with van der Waals surface area (Å²) in [5, 5.41) is 3.17. The molecule has 2 aliphatic heterocycles. The minimum Gasteiger partial charge on any atom is -0.380 e. The lowest BCUT2D eigenvalue weighted by Crippen LogP contribution is -2.57. The van der Waals surface area contributed by atoms with Crippen molar-refractivity contribution in [2.24, 2.45) is 11.1 Å². The van der Waals surface area contributed by atoms with Gasteiger partial charge in [0.15, 0.2) is 0 Å². The van der Waals surface area contributed by atoms with Crippen LogP contribution in [0.4, 0.5) is 4.79 Å². The van der Waals surface area contributed by atoms with E-state index < -0.39 is 0 Å². The molecule has 4 rings (SSSR count). The van der Waals surface area contributed by atoms with Crippen LogP contribution in [0.2, 0.25) is 0 Å². The molecule has 0 aromatic heterocycles. The van der Waals surface area contributed by atoms with Gasteiger partial charge in [-0.3, -0.25) is 4.90 Å². The van der Waals surface area contributed by atoms with E-state index in [2.05, 4.69) is 10.2 Å². The van der Waals surface area contributed by atoms with E-state index in [0.717, 1.165) is 65.1 Å². The molecule has 0 bridgehead atoms. The van der Waals surface area contributed by atoms with Gasteiger partial charge in [0, 0.05) is 50.9 Å². The van der Waals surface area contributed by atoms with Crippen LogP contribution in [-0.4, -0.2) is 73.3 Å². The van der Waals surface area contributed by atoms with Gasteiger partial charge in [-0.1, -0.05) is 0 Å². The number of nitrogens with one attached hydrogen (secondary N) is 1. The van der Waals surface area contributed by atoms with E-state index in [4.69, 9.17) is 10.5 Å². The van der Waals surface area contributed by atoms with Crippen LogP contribution in [0.5, 0.6) is 0 Å². The summed E-state index contributed by atoms with van der Waals surface area (Å²) in [6.07, 6.45) is 4.46. The summed E-state index contributed by atoms with van der Waals surface area (Å²) in [5.41, 5.74) is 6.34. The molecule has 21 heavy (non-hydrogen) atoms. The van der Waals surface area contributed by atoms with Gasteiger partial charge in [0.05, 0.1) is 6.61 Å². The molecule has 2 aliphatic carbocycles. The van der Waals surface area contributed by atoms with E-state index in [0.29, 0.717) is 23.5 Å². The predicted molar refractivity (Wildman–Crippen MR) is 78.9 cm³/mol. The van der Waals surface area contributed by atoms with Crippen LogP contribution in [-0.2, 0) is 4.74 Å². The van der Waals surface area contributed by atoms with Gasteiger partial charge in [0.1, 0.15) is 0 Å². The molecule has 0 aromatic rings. The van der Waals surface area contributed by atoms with Crippen molar-refractivity contribution in [2.75, 3.05) is 39.4 Å². The first kappa shape index (κ1) is 13.8. The van der Waals surface area contributed by atoms with Crippen molar-refractivity contribution in [2.45, 2.75) is 43.8 Å². The van der Waals surface area contributed by atoms with Gasteiger partial charge in [-0.25, -0.2) is 4.79 Å². The van der Waals surface area contributed by atoms with E-state index in [1.54, 1.807) is 0 Å². The van der Waals surface area contributed by atoms with Crippen LogP contribution in [0.3, 0.4) is 0 Å². The topological polar surface area (TPSA) is 70.8 Å². The fourth-order valence-electron chi connectivity index (χ4n) is 4.24. The highest BCUT2D eigenvalue weighted by molar-refractivity contribution is 5.74. The molecule has 0 radical (unpaired) electrons. The molecule has 2 saturated heterocycles. The van der Waals surface area contributed by atoms with E-state index >= 15 is 0 Å². The Morgan fingerprint density at radius 3 is 2.48 bits per heavy atom. The Morgan fingerprint density at radius 2 is 1.90 bits per heavy atom. The third-order valence-corrected chi connectivity index (χ3v) is 5.91. The number of hydrogen-bond acceptors (Lipinski definition) is 4. The number of ether oxygens (including phenoxy) is 1. The Morgan fingerprint density at radius 1 is 1.19 bits per heavy atom. The lowest BCUT2D eigenvalue weighted by atomic mass is 9.76. The molecule has 6 nitrogen and oxygen atoms in total. The summed E-state index contributed by atoms with van der Waals surface area (Å²) >= 11 is 0. The van der Waals surface area contributed by atoms with Crippen LogP contribution in [0.15, 0.2) is 0 Å². The molecule has 2 unspecified atom stereocenters. The number of piperazine rings is 1. The molecule has 2 amide bonds. The van der Waals surface area contributed by atoms with Crippen LogP contribution >= 0.6 is 0 Å². The first-order valence-electron chi connectivity index (χ1n) is 8.29. The monoisotopic (exact) mass is 294 g/mol. The van der Waals surface area contributed by atoms with E-state index in [-0.39, 0.29) is 6.03 Å². The van der Waals surface area contributed by atoms with Gasteiger partial charge in [-0.2, -0.15) is 0 Å². The Bertz CT molecular complexity index is 410. The number of carbonyl (C=O) groups is 1. The molecule has 118 valence electrons. The quantitative estimate of drug-likeness (QED) is 0.751. The van der Waals surface area contributed by atoms with Crippen molar-refractivity contribution >= 4 is 6.03 Å². The van der Waals surface area contributed by atoms with Gasteiger partial charge in [-0.05, 0) is 31.1 Å². The number of carbonyl (C=O) groups excluding carboxylic acids is 1. The average molecular weight is 294 g/mol. The molecule has 3 N–H and O–H groups in total. The third kappa shape index (κ3) is 2.53. The zero-order valence-corrected chi connectivity index (χ0v) is 12.6. The summed E-state index contributed by atoms with van der Waals surface area (Å²) in [6.45, 7) is 5.36. The van der Waals surface area contributed by atoms with E-state index in [1.807, 2.05) is 4.90 Å². The molecule has 4 aliphatic rings. The van der Waals surface area contributed by atoms with E-state index in [9.17, 15) is 4.79 Å². The first-order valence-corrected chi connectivity index (χ1v) is 8.29. The second-order valence-corrected chi connectivity index (χ2v) is 7.27. The van der Waals surface area contributed by atoms with Gasteiger partial charge in [0.2, 0.25) is 0 Å². The summed E-state index contributed by atoms with van der Waals surface area (Å²) in [7, 11) is 0. The lowest BCUT2D eigenvalue weighted by Gasteiger charge is -2.41. The first-order chi connectivity index (χ1) is 10.2. The smallest absolute Gasteiger partial charge is 0.317 e. The van der Waals surface area contributed by atoms with Crippen LogP contribution in [0.1, 0.15) is 25.7 Å². The van der Waals surface area contributed by atoms with Crippen molar-refractivity contribution in [1.82, 2.24) is 15.1 Å². The number of hydrogen-bond donors (Lipinski definition) is 2. The summed E-state index contributed by atoms with van der Waals surface area (Å²) in [6, 6.07) is 1.43. The van der Waals surface area contributed by atoms with Gasteiger partial charge >= 0.3 is 6.03 Å². The van der Waals surface area contributed by atoms with Gasteiger partial charge in [0.25, 0.3) is 0 Å². The summed E-state index contributed by atoms with van der Waals surface area (Å²) in [4.78, 5) is 16.7. The molecule has 2 heterocycles. The second kappa shape index (κ2) is 5.11. The van der Waals surface area contributed by atoms with Crippen molar-refractivity contribution in [3.8, 4) is 0 Å². The Hall–Kier alpha value is -0.850. The maximum absolute atomic E-state index is 12.3. The molecule has 2 saturated carbocycles. The lowest BCUT2D eigenvalue weighted by molar-refractivity contribution is 0.0906. The Balaban J connectivity index is 1.20. The van der Waals surface area contributed by atoms with Crippen LogP contribution in [0.25, 0.3) is 0 Å². The third-order valence-electron chi connectivity index (χ3n) is 5.91. The molecule has 1 spiro atoms. The SMILES string of the molecule is NC1CC12CC(NC(=O)N1CCN(C3CCOC3)CC1)C2. The number of nitrogens with two attached hydrogens (primary N) is 1. The van der Waals surface area contributed by atoms with Gasteiger partial charge in [-0.15, -0.1) is 0 Å². The average Bonchev–Trinajstić information content (AvgIpc) is 2.91. The molecular weight excluding hydrogens is 268 g/mol. The molecule has 4 fully saturated rings. The fraction of sp³-hybridized carbons (Fsp3) is 0.933. The highest BCUT2D eigenvalue weighted by Crippen LogP contribution is 2.59. The van der Waals surface area contributed by atoms with Crippen molar-refractivity contribution in [3.63, 3.8) is 0 Å². The normalized spacial score (nSPS) is 42.9. The zero-order chi connectivity index (χ0) is 14.4. The number of amides is 2. The zero-order valence-electron chi connectivity index (χ0n) is 12.6. The largest absolute Gasteiger partial charge is 0.380 e.